The van der Waals surface area contributed by atoms with E-state index in [0.717, 1.165) is 12.8 Å². The molecule has 0 unspecified atom stereocenters. The number of likely N-dealkylation sites (tertiary alicyclic amines) is 1. The summed E-state index contributed by atoms with van der Waals surface area (Å²) in [4.78, 5) is 28.3. The SMILES string of the molecule is CC(C)(C)OC(=O)N1CCC(C[S@](=O)c2nc3cc([N+](=O)[O-])ccc3o2)CC1. The predicted octanol–water partition coefficient (Wildman–Crippen LogP) is 3.49. The second-order valence-corrected chi connectivity index (χ2v) is 9.19. The Morgan fingerprint density at radius 3 is 2.68 bits per heavy atom. The topological polar surface area (TPSA) is 116 Å². The van der Waals surface area contributed by atoms with Gasteiger partial charge in [0.15, 0.2) is 5.58 Å². The van der Waals surface area contributed by atoms with Crippen LogP contribution in [0, 0.1) is 16.0 Å². The second kappa shape index (κ2) is 7.86. The number of benzene rings is 1. The second-order valence-electron chi connectivity index (χ2n) is 7.81. The summed E-state index contributed by atoms with van der Waals surface area (Å²) in [5.41, 5.74) is 0.0657. The highest BCUT2D eigenvalue weighted by Gasteiger charge is 2.28. The standard InChI is InChI=1S/C18H23N3O6S/c1-18(2,3)27-17(22)20-8-6-12(7-9-20)11-28(25)16-19-14-10-13(21(23)24)4-5-15(14)26-16/h4-5,10,12H,6-9,11H2,1-3H3/t28-/m0/s1. The first-order valence-corrected chi connectivity index (χ1v) is 10.4. The molecule has 9 nitrogen and oxygen atoms in total. The highest BCUT2D eigenvalue weighted by Crippen LogP contribution is 2.25. The number of nitrogens with zero attached hydrogens (tertiary/aromatic N) is 3. The molecule has 0 aliphatic carbocycles. The first-order valence-electron chi connectivity index (χ1n) is 9.03. The Morgan fingerprint density at radius 1 is 1.39 bits per heavy atom. The smallest absolute Gasteiger partial charge is 0.410 e. The lowest BCUT2D eigenvalue weighted by Gasteiger charge is -2.33. The van der Waals surface area contributed by atoms with Gasteiger partial charge in [0.25, 0.3) is 10.9 Å². The first kappa shape index (κ1) is 20.2. The zero-order valence-electron chi connectivity index (χ0n) is 16.0. The molecule has 1 aromatic carbocycles. The zero-order chi connectivity index (χ0) is 20.5. The van der Waals surface area contributed by atoms with Crippen molar-refractivity contribution in [1.29, 1.82) is 0 Å². The molecule has 1 aromatic heterocycles. The molecule has 1 amide bonds. The molecule has 28 heavy (non-hydrogen) atoms. The Bertz CT molecular complexity index is 912. The Balaban J connectivity index is 1.58. The number of rotatable bonds is 4. The van der Waals surface area contributed by atoms with Crippen LogP contribution in [-0.4, -0.2) is 49.6 Å². The molecular formula is C18H23N3O6S. The fraction of sp³-hybridized carbons (Fsp3) is 0.556. The third-order valence-corrected chi connectivity index (χ3v) is 5.75. The van der Waals surface area contributed by atoms with Crippen LogP contribution in [0.25, 0.3) is 11.1 Å². The minimum absolute atomic E-state index is 0.0741. The molecule has 3 rings (SSSR count). The van der Waals surface area contributed by atoms with E-state index in [0.29, 0.717) is 29.9 Å². The van der Waals surface area contributed by atoms with Crippen molar-refractivity contribution in [2.45, 2.75) is 44.4 Å². The summed E-state index contributed by atoms with van der Waals surface area (Å²) in [6, 6.07) is 4.09. The highest BCUT2D eigenvalue weighted by molar-refractivity contribution is 7.84. The van der Waals surface area contributed by atoms with E-state index in [1.165, 1.54) is 18.2 Å². The number of hydrogen-bond acceptors (Lipinski definition) is 7. The van der Waals surface area contributed by atoms with Crippen LogP contribution in [-0.2, 0) is 15.5 Å². The van der Waals surface area contributed by atoms with Gasteiger partial charge in [-0.05, 0) is 45.6 Å². The summed E-state index contributed by atoms with van der Waals surface area (Å²) in [6.07, 6.45) is 1.11. The molecule has 1 saturated heterocycles. The van der Waals surface area contributed by atoms with Gasteiger partial charge in [-0.15, -0.1) is 0 Å². The number of carbonyl (C=O) groups excluding carboxylic acids is 1. The summed E-state index contributed by atoms with van der Waals surface area (Å²) in [5, 5.41) is 10.9. The molecule has 0 radical (unpaired) electrons. The lowest BCUT2D eigenvalue weighted by atomic mass is 9.99. The molecule has 2 aromatic rings. The molecule has 0 spiro atoms. The third-order valence-electron chi connectivity index (χ3n) is 4.41. The summed E-state index contributed by atoms with van der Waals surface area (Å²) in [5.74, 6) is 0.542. The number of ether oxygens (including phenoxy) is 1. The van der Waals surface area contributed by atoms with E-state index in [9.17, 15) is 19.1 Å². The van der Waals surface area contributed by atoms with Gasteiger partial charge in [0.05, 0.1) is 4.92 Å². The van der Waals surface area contributed by atoms with E-state index < -0.39 is 21.3 Å². The number of amides is 1. The summed E-state index contributed by atoms with van der Waals surface area (Å²) >= 11 is 0. The molecule has 0 N–H and O–H groups in total. The average Bonchev–Trinajstić information content (AvgIpc) is 3.04. The highest BCUT2D eigenvalue weighted by atomic mass is 32.2. The number of oxazole rings is 1. The fourth-order valence-electron chi connectivity index (χ4n) is 3.00. The number of non-ortho nitro benzene ring substituents is 1. The van der Waals surface area contributed by atoms with Crippen molar-refractivity contribution in [2.75, 3.05) is 18.8 Å². The molecule has 0 bridgehead atoms. The largest absolute Gasteiger partial charge is 0.444 e. The van der Waals surface area contributed by atoms with Crippen LogP contribution in [0.1, 0.15) is 33.6 Å². The maximum Gasteiger partial charge on any atom is 0.410 e. The van der Waals surface area contributed by atoms with Crippen molar-refractivity contribution in [3.63, 3.8) is 0 Å². The lowest BCUT2D eigenvalue weighted by molar-refractivity contribution is -0.384. The van der Waals surface area contributed by atoms with E-state index in [1.807, 2.05) is 20.8 Å². The van der Waals surface area contributed by atoms with E-state index in [4.69, 9.17) is 9.15 Å². The number of aromatic nitrogens is 1. The average molecular weight is 409 g/mol. The lowest BCUT2D eigenvalue weighted by Crippen LogP contribution is -2.42. The molecule has 152 valence electrons. The minimum atomic E-state index is -1.45. The van der Waals surface area contributed by atoms with Crippen LogP contribution in [0.4, 0.5) is 10.5 Å². The monoisotopic (exact) mass is 409 g/mol. The Kier molecular flexibility index (Phi) is 5.69. The predicted molar refractivity (Wildman–Crippen MR) is 102 cm³/mol. The van der Waals surface area contributed by atoms with Crippen LogP contribution in [0.3, 0.4) is 0 Å². The van der Waals surface area contributed by atoms with Crippen LogP contribution in [0.5, 0.6) is 0 Å². The summed E-state index contributed by atoms with van der Waals surface area (Å²) in [7, 11) is -1.45. The number of fused-ring (bicyclic) bond motifs is 1. The van der Waals surface area contributed by atoms with Gasteiger partial charge in [-0.2, -0.15) is 0 Å². The zero-order valence-corrected chi connectivity index (χ0v) is 16.9. The van der Waals surface area contributed by atoms with Crippen molar-refractivity contribution < 1.29 is 23.1 Å². The van der Waals surface area contributed by atoms with Crippen molar-refractivity contribution in [3.8, 4) is 0 Å². The van der Waals surface area contributed by atoms with E-state index >= 15 is 0 Å². The first-order chi connectivity index (χ1) is 13.1. The molecule has 10 heteroatoms. The van der Waals surface area contributed by atoms with Crippen molar-refractivity contribution in [3.05, 3.63) is 28.3 Å². The van der Waals surface area contributed by atoms with Gasteiger partial charge in [0, 0.05) is 31.0 Å². The van der Waals surface area contributed by atoms with Crippen LogP contribution < -0.4 is 0 Å². The van der Waals surface area contributed by atoms with E-state index in [1.54, 1.807) is 4.90 Å². The van der Waals surface area contributed by atoms with Crippen LogP contribution >= 0.6 is 0 Å². The third kappa shape index (κ3) is 4.86. The molecule has 0 saturated carbocycles. The quantitative estimate of drug-likeness (QED) is 0.560. The maximum atomic E-state index is 12.6. The maximum absolute atomic E-state index is 12.6. The number of hydrogen-bond donors (Lipinski definition) is 0. The molecule has 1 aliphatic heterocycles. The normalized spacial score (nSPS) is 16.9. The van der Waals surface area contributed by atoms with Gasteiger partial charge in [-0.25, -0.2) is 14.0 Å². The Labute approximate surface area is 164 Å². The molecule has 1 atom stereocenters. The van der Waals surface area contributed by atoms with Gasteiger partial charge in [-0.3, -0.25) is 10.1 Å². The number of nitro benzene ring substituents is 1. The minimum Gasteiger partial charge on any atom is -0.444 e. The van der Waals surface area contributed by atoms with Crippen molar-refractivity contribution >= 4 is 33.7 Å². The van der Waals surface area contributed by atoms with Crippen LogP contribution in [0.15, 0.2) is 27.8 Å². The van der Waals surface area contributed by atoms with Gasteiger partial charge in [0.2, 0.25) is 0 Å². The van der Waals surface area contributed by atoms with Crippen molar-refractivity contribution in [1.82, 2.24) is 9.88 Å². The van der Waals surface area contributed by atoms with E-state index in [-0.39, 0.29) is 22.9 Å². The number of nitro groups is 1. The van der Waals surface area contributed by atoms with Gasteiger partial charge >= 0.3 is 6.09 Å². The fourth-order valence-corrected chi connectivity index (χ4v) is 4.29. The molecule has 2 heterocycles. The molecule has 1 fully saturated rings. The molecule has 1 aliphatic rings. The number of carbonyl (C=O) groups is 1. The van der Waals surface area contributed by atoms with Gasteiger partial charge in [0.1, 0.15) is 21.9 Å². The van der Waals surface area contributed by atoms with Crippen molar-refractivity contribution in [2.24, 2.45) is 5.92 Å². The van der Waals surface area contributed by atoms with E-state index in [2.05, 4.69) is 4.98 Å². The van der Waals surface area contributed by atoms with Gasteiger partial charge < -0.3 is 14.1 Å². The Hall–Kier alpha value is -2.49. The van der Waals surface area contributed by atoms with Gasteiger partial charge in [-0.1, -0.05) is 0 Å². The Morgan fingerprint density at radius 2 is 2.07 bits per heavy atom. The number of piperidine rings is 1. The summed E-state index contributed by atoms with van der Waals surface area (Å²) < 4.78 is 23.5. The summed E-state index contributed by atoms with van der Waals surface area (Å²) in [6.45, 7) is 6.59. The van der Waals surface area contributed by atoms with Crippen LogP contribution in [0.2, 0.25) is 0 Å². The molecular weight excluding hydrogens is 386 g/mol.